The van der Waals surface area contributed by atoms with Crippen molar-refractivity contribution >= 4 is 34.5 Å². The number of rotatable bonds is 5. The third-order valence-electron chi connectivity index (χ3n) is 3.67. The number of halogens is 1. The van der Waals surface area contributed by atoms with Gasteiger partial charge in [-0.3, -0.25) is 0 Å². The maximum absolute atomic E-state index is 12.3. The van der Waals surface area contributed by atoms with Gasteiger partial charge in [-0.2, -0.15) is 4.98 Å². The van der Waals surface area contributed by atoms with Crippen molar-refractivity contribution < 1.29 is 13.9 Å². The number of nitrogens with one attached hydrogen (secondary N) is 1. The molecule has 0 aliphatic rings. The smallest absolute Gasteiger partial charge is 0.342 e. The van der Waals surface area contributed by atoms with Gasteiger partial charge in [-0.1, -0.05) is 23.7 Å². The number of ether oxygens (including phenoxy) is 1. The lowest BCUT2D eigenvalue weighted by Crippen LogP contribution is -2.08. The van der Waals surface area contributed by atoms with E-state index in [1.54, 1.807) is 20.8 Å². The average Bonchev–Trinajstić information content (AvgIpc) is 2.88. The highest BCUT2D eigenvalue weighted by Gasteiger charge is 2.24. The summed E-state index contributed by atoms with van der Waals surface area (Å²) in [6.45, 7) is 6.02. The van der Waals surface area contributed by atoms with Crippen molar-refractivity contribution in [2.45, 2.75) is 27.3 Å². The van der Waals surface area contributed by atoms with E-state index in [-0.39, 0.29) is 6.61 Å². The lowest BCUT2D eigenvalue weighted by molar-refractivity contribution is 0.0526. The van der Waals surface area contributed by atoms with Crippen LogP contribution in [0.2, 0.25) is 5.02 Å². The number of carbonyl (C=O) groups is 1. The summed E-state index contributed by atoms with van der Waals surface area (Å²) in [5.74, 6) is 1.09. The molecule has 3 rings (SSSR count). The van der Waals surface area contributed by atoms with Crippen molar-refractivity contribution in [1.82, 2.24) is 9.97 Å². The molecule has 0 amide bonds. The van der Waals surface area contributed by atoms with Gasteiger partial charge < -0.3 is 14.5 Å². The number of benzene rings is 1. The second-order valence-electron chi connectivity index (χ2n) is 5.54. The van der Waals surface area contributed by atoms with Gasteiger partial charge in [0.05, 0.1) is 12.0 Å². The van der Waals surface area contributed by atoms with Crippen LogP contribution >= 0.6 is 11.6 Å². The molecule has 0 radical (unpaired) electrons. The molecule has 0 unspecified atom stereocenters. The van der Waals surface area contributed by atoms with Gasteiger partial charge in [-0.05, 0) is 38.5 Å². The predicted octanol–water partition coefficient (Wildman–Crippen LogP) is 4.28. The van der Waals surface area contributed by atoms with E-state index in [4.69, 9.17) is 20.8 Å². The molecule has 1 N–H and O–H groups in total. The molecular weight excluding hydrogens is 342 g/mol. The van der Waals surface area contributed by atoms with E-state index in [1.807, 2.05) is 24.3 Å². The van der Waals surface area contributed by atoms with Crippen LogP contribution in [0.25, 0.3) is 11.1 Å². The van der Waals surface area contributed by atoms with Crippen molar-refractivity contribution in [3.05, 3.63) is 52.0 Å². The normalized spacial score (nSPS) is 10.9. The molecule has 0 saturated carbocycles. The molecule has 2 aromatic heterocycles. The Kier molecular flexibility index (Phi) is 4.90. The summed E-state index contributed by atoms with van der Waals surface area (Å²) < 4.78 is 10.8. The average molecular weight is 360 g/mol. The van der Waals surface area contributed by atoms with Crippen LogP contribution in [0.1, 0.15) is 34.4 Å². The summed E-state index contributed by atoms with van der Waals surface area (Å²) in [5.41, 5.74) is 1.71. The SMILES string of the molecule is CCOC(=O)c1c(C)oc2nc(C)nc(NCc3cccc(Cl)c3)c12. The molecule has 7 heteroatoms. The first-order chi connectivity index (χ1) is 12.0. The van der Waals surface area contributed by atoms with Crippen LogP contribution in [0.15, 0.2) is 28.7 Å². The summed E-state index contributed by atoms with van der Waals surface area (Å²) in [6, 6.07) is 7.52. The molecule has 0 saturated heterocycles. The summed E-state index contributed by atoms with van der Waals surface area (Å²) in [4.78, 5) is 21.0. The second-order valence-corrected chi connectivity index (χ2v) is 5.97. The van der Waals surface area contributed by atoms with Crippen molar-refractivity contribution in [2.24, 2.45) is 0 Å². The number of hydrogen-bond acceptors (Lipinski definition) is 6. The highest BCUT2D eigenvalue weighted by atomic mass is 35.5. The molecule has 0 spiro atoms. The van der Waals surface area contributed by atoms with Crippen LogP contribution in [-0.2, 0) is 11.3 Å². The molecule has 1 aromatic carbocycles. The molecule has 0 atom stereocenters. The third-order valence-corrected chi connectivity index (χ3v) is 3.90. The first kappa shape index (κ1) is 17.2. The fourth-order valence-electron chi connectivity index (χ4n) is 2.63. The number of anilines is 1. The van der Waals surface area contributed by atoms with Crippen molar-refractivity contribution in [3.63, 3.8) is 0 Å². The first-order valence-electron chi connectivity index (χ1n) is 7.92. The van der Waals surface area contributed by atoms with E-state index < -0.39 is 5.97 Å². The molecule has 6 nitrogen and oxygen atoms in total. The third kappa shape index (κ3) is 3.58. The van der Waals surface area contributed by atoms with Gasteiger partial charge in [0.1, 0.15) is 23.0 Å². The number of nitrogens with zero attached hydrogens (tertiary/aromatic N) is 2. The Morgan fingerprint density at radius 3 is 2.84 bits per heavy atom. The van der Waals surface area contributed by atoms with Crippen LogP contribution in [0.3, 0.4) is 0 Å². The summed E-state index contributed by atoms with van der Waals surface area (Å²) in [6.07, 6.45) is 0. The number of hydrogen-bond donors (Lipinski definition) is 1. The van der Waals surface area contributed by atoms with Gasteiger partial charge in [0.15, 0.2) is 0 Å². The largest absolute Gasteiger partial charge is 0.462 e. The highest BCUT2D eigenvalue weighted by molar-refractivity contribution is 6.30. The number of aromatic nitrogens is 2. The lowest BCUT2D eigenvalue weighted by atomic mass is 10.1. The minimum Gasteiger partial charge on any atom is -0.462 e. The fraction of sp³-hybridized carbons (Fsp3) is 0.278. The highest BCUT2D eigenvalue weighted by Crippen LogP contribution is 2.30. The monoisotopic (exact) mass is 359 g/mol. The van der Waals surface area contributed by atoms with Gasteiger partial charge in [0.2, 0.25) is 5.71 Å². The van der Waals surface area contributed by atoms with E-state index in [0.29, 0.717) is 45.6 Å². The molecule has 0 fully saturated rings. The Morgan fingerprint density at radius 1 is 1.32 bits per heavy atom. The van der Waals surface area contributed by atoms with Crippen molar-refractivity contribution in [2.75, 3.05) is 11.9 Å². The van der Waals surface area contributed by atoms with E-state index in [9.17, 15) is 4.79 Å². The Balaban J connectivity index is 2.02. The van der Waals surface area contributed by atoms with Gasteiger partial charge in [0.25, 0.3) is 0 Å². The van der Waals surface area contributed by atoms with Crippen LogP contribution < -0.4 is 5.32 Å². The first-order valence-corrected chi connectivity index (χ1v) is 8.30. The zero-order valence-corrected chi connectivity index (χ0v) is 15.0. The van der Waals surface area contributed by atoms with Gasteiger partial charge in [-0.25, -0.2) is 9.78 Å². The zero-order chi connectivity index (χ0) is 18.0. The van der Waals surface area contributed by atoms with Gasteiger partial charge in [-0.15, -0.1) is 0 Å². The maximum atomic E-state index is 12.3. The molecule has 3 aromatic rings. The minimum absolute atomic E-state index is 0.281. The zero-order valence-electron chi connectivity index (χ0n) is 14.2. The Hall–Kier alpha value is -2.60. The Morgan fingerprint density at radius 2 is 2.12 bits per heavy atom. The molecule has 25 heavy (non-hydrogen) atoms. The van der Waals surface area contributed by atoms with Crippen molar-refractivity contribution in [3.8, 4) is 0 Å². The number of carbonyl (C=O) groups excluding carboxylic acids is 1. The van der Waals surface area contributed by atoms with Gasteiger partial charge >= 0.3 is 5.97 Å². The van der Waals surface area contributed by atoms with Gasteiger partial charge in [0, 0.05) is 11.6 Å². The molecular formula is C18H18ClN3O3. The Labute approximate surface area is 150 Å². The topological polar surface area (TPSA) is 77.2 Å². The standard InChI is InChI=1S/C18H18ClN3O3/c1-4-24-18(23)14-10(2)25-17-15(14)16(21-11(3)22-17)20-9-12-6-5-7-13(19)8-12/h5-8H,4,9H2,1-3H3,(H,20,21,22). The van der Waals surface area contributed by atoms with E-state index in [1.165, 1.54) is 0 Å². The maximum Gasteiger partial charge on any atom is 0.342 e. The molecule has 2 heterocycles. The quantitative estimate of drug-likeness (QED) is 0.685. The lowest BCUT2D eigenvalue weighted by Gasteiger charge is -2.09. The number of esters is 1. The molecule has 130 valence electrons. The van der Waals surface area contributed by atoms with Crippen LogP contribution in [0.4, 0.5) is 5.82 Å². The van der Waals surface area contributed by atoms with Crippen LogP contribution in [-0.4, -0.2) is 22.5 Å². The fourth-order valence-corrected chi connectivity index (χ4v) is 2.84. The van der Waals surface area contributed by atoms with Crippen LogP contribution in [0, 0.1) is 13.8 Å². The molecule has 0 aliphatic carbocycles. The van der Waals surface area contributed by atoms with Crippen molar-refractivity contribution in [1.29, 1.82) is 0 Å². The number of aryl methyl sites for hydroxylation is 2. The summed E-state index contributed by atoms with van der Waals surface area (Å²) in [5, 5.41) is 4.44. The summed E-state index contributed by atoms with van der Waals surface area (Å²) in [7, 11) is 0. The van der Waals surface area contributed by atoms with E-state index >= 15 is 0 Å². The minimum atomic E-state index is -0.447. The summed E-state index contributed by atoms with van der Waals surface area (Å²) >= 11 is 6.02. The molecule has 0 bridgehead atoms. The van der Waals surface area contributed by atoms with E-state index in [0.717, 1.165) is 5.56 Å². The molecule has 0 aliphatic heterocycles. The predicted molar refractivity (Wildman–Crippen MR) is 96.0 cm³/mol. The number of furan rings is 1. The second kappa shape index (κ2) is 7.11. The van der Waals surface area contributed by atoms with E-state index in [2.05, 4.69) is 15.3 Å². The van der Waals surface area contributed by atoms with Crippen LogP contribution in [0.5, 0.6) is 0 Å². The Bertz CT molecular complexity index is 937. The number of fused-ring (bicyclic) bond motifs is 1.